The van der Waals surface area contributed by atoms with Gasteiger partial charge in [0.2, 0.25) is 0 Å². The summed E-state index contributed by atoms with van der Waals surface area (Å²) in [5, 5.41) is 13.5. The first-order valence-electron chi connectivity index (χ1n) is 6.72. The van der Waals surface area contributed by atoms with Gasteiger partial charge in [0.1, 0.15) is 6.04 Å². The lowest BCUT2D eigenvalue weighted by molar-refractivity contribution is -0.139. The number of fused-ring (bicyclic) bond motifs is 1. The van der Waals surface area contributed by atoms with Gasteiger partial charge in [-0.1, -0.05) is 31.5 Å². The Morgan fingerprint density at radius 1 is 1.37 bits per heavy atom. The van der Waals surface area contributed by atoms with Crippen molar-refractivity contribution >= 4 is 16.9 Å². The average Bonchev–Trinajstić information content (AvgIpc) is 2.81. The van der Waals surface area contributed by atoms with Crippen LogP contribution < -0.4 is 5.32 Å². The Bertz CT molecular complexity index is 548. The maximum Gasteiger partial charge on any atom is 0.322 e. The van der Waals surface area contributed by atoms with E-state index >= 15 is 0 Å². The summed E-state index contributed by atoms with van der Waals surface area (Å²) in [5.74, 6) is -0.797. The van der Waals surface area contributed by atoms with Gasteiger partial charge in [0, 0.05) is 18.3 Å². The van der Waals surface area contributed by atoms with E-state index in [1.165, 1.54) is 0 Å². The largest absolute Gasteiger partial charge is 0.480 e. The van der Waals surface area contributed by atoms with Crippen LogP contribution in [0.25, 0.3) is 10.9 Å². The second kappa shape index (κ2) is 6.38. The molecule has 0 spiro atoms. The Kier molecular flexibility index (Phi) is 4.58. The number of nitrogens with zero attached hydrogens (tertiary/aromatic N) is 1. The van der Waals surface area contributed by atoms with Crippen LogP contribution in [0.2, 0.25) is 0 Å². The van der Waals surface area contributed by atoms with Gasteiger partial charge in [-0.15, -0.1) is 0 Å². The van der Waals surface area contributed by atoms with E-state index in [0.717, 1.165) is 30.3 Å². The molecule has 1 heterocycles. The van der Waals surface area contributed by atoms with Gasteiger partial charge in [-0.3, -0.25) is 4.79 Å². The molecule has 0 bridgehead atoms. The van der Waals surface area contributed by atoms with Crippen LogP contribution in [0.1, 0.15) is 19.8 Å². The highest BCUT2D eigenvalue weighted by Crippen LogP contribution is 2.15. The van der Waals surface area contributed by atoms with E-state index in [-0.39, 0.29) is 0 Å². The SMILES string of the molecule is CCCCNC(Cn1ccc2ccccc21)C(=O)O. The number of unbranched alkanes of at least 4 members (excludes halogenated alkanes) is 1. The number of aromatic nitrogens is 1. The molecule has 102 valence electrons. The number of hydrogen-bond acceptors (Lipinski definition) is 2. The van der Waals surface area contributed by atoms with E-state index in [1.807, 2.05) is 41.1 Å². The Balaban J connectivity index is 2.10. The molecule has 4 nitrogen and oxygen atoms in total. The van der Waals surface area contributed by atoms with Crippen molar-refractivity contribution in [3.05, 3.63) is 36.5 Å². The highest BCUT2D eigenvalue weighted by Gasteiger charge is 2.17. The normalized spacial score (nSPS) is 12.7. The maximum absolute atomic E-state index is 11.3. The monoisotopic (exact) mass is 260 g/mol. The molecular formula is C15H20N2O2. The second-order valence-corrected chi connectivity index (χ2v) is 4.73. The fraction of sp³-hybridized carbons (Fsp3) is 0.400. The molecule has 2 N–H and O–H groups in total. The molecule has 0 fully saturated rings. The van der Waals surface area contributed by atoms with Crippen molar-refractivity contribution in [3.8, 4) is 0 Å². The summed E-state index contributed by atoms with van der Waals surface area (Å²) >= 11 is 0. The lowest BCUT2D eigenvalue weighted by atomic mass is 10.2. The predicted octanol–water partition coefficient (Wildman–Crippen LogP) is 2.48. The smallest absolute Gasteiger partial charge is 0.322 e. The average molecular weight is 260 g/mol. The number of hydrogen-bond donors (Lipinski definition) is 2. The van der Waals surface area contributed by atoms with Crippen molar-refractivity contribution in [2.24, 2.45) is 0 Å². The molecule has 1 atom stereocenters. The molecule has 4 heteroatoms. The summed E-state index contributed by atoms with van der Waals surface area (Å²) < 4.78 is 1.99. The standard InChI is InChI=1S/C15H20N2O2/c1-2-3-9-16-13(15(18)19)11-17-10-8-12-6-4-5-7-14(12)17/h4-8,10,13,16H,2-3,9,11H2,1H3,(H,18,19). The molecule has 0 radical (unpaired) electrons. The number of para-hydroxylation sites is 1. The van der Waals surface area contributed by atoms with E-state index in [2.05, 4.69) is 12.2 Å². The molecule has 1 aromatic carbocycles. The van der Waals surface area contributed by atoms with Crippen molar-refractivity contribution in [2.45, 2.75) is 32.4 Å². The fourth-order valence-corrected chi connectivity index (χ4v) is 2.18. The molecule has 2 aromatic rings. The predicted molar refractivity (Wildman–Crippen MR) is 76.3 cm³/mol. The summed E-state index contributed by atoms with van der Waals surface area (Å²) in [6.07, 6.45) is 4.00. The minimum Gasteiger partial charge on any atom is -0.480 e. The van der Waals surface area contributed by atoms with Gasteiger partial charge in [-0.2, -0.15) is 0 Å². The van der Waals surface area contributed by atoms with Gasteiger partial charge in [0.15, 0.2) is 0 Å². The molecule has 0 amide bonds. The Labute approximate surface area is 113 Å². The molecule has 0 aliphatic heterocycles. The molecule has 1 unspecified atom stereocenters. The second-order valence-electron chi connectivity index (χ2n) is 4.73. The van der Waals surface area contributed by atoms with Gasteiger partial charge in [0.05, 0.1) is 0 Å². The Morgan fingerprint density at radius 3 is 2.89 bits per heavy atom. The number of carbonyl (C=O) groups is 1. The highest BCUT2D eigenvalue weighted by molar-refractivity contribution is 5.80. The van der Waals surface area contributed by atoms with Crippen LogP contribution >= 0.6 is 0 Å². The molecular weight excluding hydrogens is 240 g/mol. The number of nitrogens with one attached hydrogen (secondary N) is 1. The molecule has 19 heavy (non-hydrogen) atoms. The van der Waals surface area contributed by atoms with E-state index in [1.54, 1.807) is 0 Å². The van der Waals surface area contributed by atoms with Crippen LogP contribution in [-0.2, 0) is 11.3 Å². The number of benzene rings is 1. The number of carboxylic acids is 1. The maximum atomic E-state index is 11.3. The molecule has 1 aromatic heterocycles. The lowest BCUT2D eigenvalue weighted by Crippen LogP contribution is -2.40. The first kappa shape index (κ1) is 13.6. The zero-order chi connectivity index (χ0) is 13.7. The van der Waals surface area contributed by atoms with Crippen LogP contribution in [-0.4, -0.2) is 28.2 Å². The van der Waals surface area contributed by atoms with Gasteiger partial charge in [0.25, 0.3) is 0 Å². The van der Waals surface area contributed by atoms with E-state index in [9.17, 15) is 9.90 Å². The fourth-order valence-electron chi connectivity index (χ4n) is 2.18. The van der Waals surface area contributed by atoms with Crippen LogP contribution in [0.15, 0.2) is 36.5 Å². The van der Waals surface area contributed by atoms with Crippen LogP contribution in [0.4, 0.5) is 0 Å². The van der Waals surface area contributed by atoms with Crippen molar-refractivity contribution < 1.29 is 9.90 Å². The third-order valence-corrected chi connectivity index (χ3v) is 3.28. The number of carboxylic acid groups (broad SMARTS) is 1. The third-order valence-electron chi connectivity index (χ3n) is 3.28. The van der Waals surface area contributed by atoms with Gasteiger partial charge in [-0.05, 0) is 30.5 Å². The minimum atomic E-state index is -0.797. The van der Waals surface area contributed by atoms with Gasteiger partial charge < -0.3 is 15.0 Å². The van der Waals surface area contributed by atoms with Crippen LogP contribution in [0.5, 0.6) is 0 Å². The summed E-state index contributed by atoms with van der Waals surface area (Å²) in [6.45, 7) is 3.29. The molecule has 0 aliphatic rings. The van der Waals surface area contributed by atoms with E-state index in [4.69, 9.17) is 0 Å². The summed E-state index contributed by atoms with van der Waals surface area (Å²) in [6, 6.07) is 9.48. The van der Waals surface area contributed by atoms with Gasteiger partial charge in [-0.25, -0.2) is 0 Å². The molecule has 0 saturated heterocycles. The zero-order valence-electron chi connectivity index (χ0n) is 11.2. The first-order valence-corrected chi connectivity index (χ1v) is 6.72. The van der Waals surface area contributed by atoms with E-state index < -0.39 is 12.0 Å². The summed E-state index contributed by atoms with van der Waals surface area (Å²) in [5.41, 5.74) is 1.08. The van der Waals surface area contributed by atoms with Crippen LogP contribution in [0, 0.1) is 0 Å². The van der Waals surface area contributed by atoms with Crippen molar-refractivity contribution in [3.63, 3.8) is 0 Å². The van der Waals surface area contributed by atoms with Gasteiger partial charge >= 0.3 is 5.97 Å². The highest BCUT2D eigenvalue weighted by atomic mass is 16.4. The molecule has 0 saturated carbocycles. The minimum absolute atomic E-state index is 0.451. The zero-order valence-corrected chi connectivity index (χ0v) is 11.2. The molecule has 0 aliphatic carbocycles. The topological polar surface area (TPSA) is 54.3 Å². The van der Waals surface area contributed by atoms with Crippen molar-refractivity contribution in [1.29, 1.82) is 0 Å². The third kappa shape index (κ3) is 3.35. The first-order chi connectivity index (χ1) is 9.22. The Morgan fingerprint density at radius 2 is 2.16 bits per heavy atom. The summed E-state index contributed by atoms with van der Waals surface area (Å²) in [7, 11) is 0. The van der Waals surface area contributed by atoms with Crippen molar-refractivity contribution in [2.75, 3.05) is 6.54 Å². The quantitative estimate of drug-likeness (QED) is 0.752. The lowest BCUT2D eigenvalue weighted by Gasteiger charge is -2.15. The molecule has 2 rings (SSSR count). The Hall–Kier alpha value is -1.81. The van der Waals surface area contributed by atoms with Crippen LogP contribution in [0.3, 0.4) is 0 Å². The van der Waals surface area contributed by atoms with Crippen molar-refractivity contribution in [1.82, 2.24) is 9.88 Å². The number of aliphatic carboxylic acids is 1. The van der Waals surface area contributed by atoms with E-state index in [0.29, 0.717) is 6.54 Å². The number of rotatable bonds is 7. The summed E-state index contributed by atoms with van der Waals surface area (Å²) in [4.78, 5) is 11.3.